The highest BCUT2D eigenvalue weighted by molar-refractivity contribution is 5.97. The molecule has 246 valence electrons. The highest BCUT2D eigenvalue weighted by Crippen LogP contribution is 2.11. The fourth-order valence-corrected chi connectivity index (χ4v) is 5.59. The monoisotopic (exact) mass is 645 g/mol. The summed E-state index contributed by atoms with van der Waals surface area (Å²) in [4.78, 5) is 68.5. The second-order valence-corrected chi connectivity index (χ2v) is 11.8. The second-order valence-electron chi connectivity index (χ2n) is 11.8. The summed E-state index contributed by atoms with van der Waals surface area (Å²) in [6, 6.07) is 32.5. The molecule has 10 nitrogen and oxygen atoms in total. The van der Waals surface area contributed by atoms with Crippen molar-refractivity contribution >= 4 is 29.5 Å². The van der Waals surface area contributed by atoms with E-state index in [2.05, 4.69) is 26.6 Å². The van der Waals surface area contributed by atoms with Crippen molar-refractivity contribution < 1.29 is 24.0 Å². The van der Waals surface area contributed by atoms with Gasteiger partial charge in [0.25, 0.3) is 0 Å². The minimum atomic E-state index is -1.08. The third kappa shape index (κ3) is 9.86. The van der Waals surface area contributed by atoms with Gasteiger partial charge in [-0.15, -0.1) is 0 Å². The van der Waals surface area contributed by atoms with E-state index in [1.807, 2.05) is 121 Å². The van der Waals surface area contributed by atoms with Crippen LogP contribution in [0.15, 0.2) is 121 Å². The van der Waals surface area contributed by atoms with Crippen molar-refractivity contribution in [1.82, 2.24) is 26.6 Å². The number of hydrogen-bond donors (Lipinski definition) is 5. The average molecular weight is 646 g/mol. The Labute approximate surface area is 279 Å². The molecule has 4 aromatic rings. The number of carbonyl (C=O) groups excluding carboxylic acids is 5. The zero-order valence-electron chi connectivity index (χ0n) is 26.4. The number of benzene rings is 4. The standard InChI is InChI=1S/C38H39N5O5/c44-34-25-39-35(45)30(21-26-13-5-1-6-14-26)41-37(47)32(23-28-17-9-3-10-18-28)43-38(48)33(24-29-19-11-4-12-20-29)42-36(46)31(40-34)22-27-15-7-2-8-16-27/h1-20,30-33H,21-25H2,(H,39,45)(H,40,44)(H,41,47)(H,42,46)(H,43,48)/t30-,31-,32-,33-/m1/s1. The number of rotatable bonds is 8. The van der Waals surface area contributed by atoms with Gasteiger partial charge in [-0.2, -0.15) is 0 Å². The molecule has 1 fully saturated rings. The fraction of sp³-hybridized carbons (Fsp3) is 0.237. The Morgan fingerprint density at radius 3 is 0.958 bits per heavy atom. The summed E-state index contributed by atoms with van der Waals surface area (Å²) in [5.41, 5.74) is 3.18. The second kappa shape index (κ2) is 16.7. The van der Waals surface area contributed by atoms with E-state index >= 15 is 0 Å². The van der Waals surface area contributed by atoms with E-state index in [0.717, 1.165) is 22.3 Å². The van der Waals surface area contributed by atoms with Crippen LogP contribution in [0.1, 0.15) is 22.3 Å². The maximum atomic E-state index is 14.0. The topological polar surface area (TPSA) is 146 Å². The summed E-state index contributed by atoms with van der Waals surface area (Å²) in [7, 11) is 0. The normalized spacial score (nSPS) is 21.0. The maximum Gasteiger partial charge on any atom is 0.243 e. The highest BCUT2D eigenvalue weighted by atomic mass is 16.2. The van der Waals surface area contributed by atoms with Crippen LogP contribution in [0.4, 0.5) is 0 Å². The van der Waals surface area contributed by atoms with Crippen molar-refractivity contribution in [2.45, 2.75) is 49.9 Å². The Morgan fingerprint density at radius 2 is 0.646 bits per heavy atom. The number of nitrogens with one attached hydrogen (secondary N) is 5. The van der Waals surface area contributed by atoms with Gasteiger partial charge >= 0.3 is 0 Å². The van der Waals surface area contributed by atoms with Crippen LogP contribution >= 0.6 is 0 Å². The Morgan fingerprint density at radius 1 is 0.375 bits per heavy atom. The van der Waals surface area contributed by atoms with Crippen LogP contribution in [0.3, 0.4) is 0 Å². The third-order valence-corrected chi connectivity index (χ3v) is 8.10. The number of hydrogen-bond acceptors (Lipinski definition) is 5. The predicted octanol–water partition coefficient (Wildman–Crippen LogP) is 2.03. The molecule has 1 aliphatic rings. The zero-order chi connectivity index (χ0) is 33.7. The predicted molar refractivity (Wildman–Crippen MR) is 181 cm³/mol. The summed E-state index contributed by atoms with van der Waals surface area (Å²) in [6.07, 6.45) is 0.584. The van der Waals surface area contributed by atoms with Crippen molar-refractivity contribution in [3.05, 3.63) is 144 Å². The van der Waals surface area contributed by atoms with Crippen LogP contribution in [-0.2, 0) is 49.7 Å². The molecular weight excluding hydrogens is 606 g/mol. The molecule has 4 atom stereocenters. The minimum Gasteiger partial charge on any atom is -0.345 e. The van der Waals surface area contributed by atoms with E-state index in [1.54, 1.807) is 0 Å². The van der Waals surface area contributed by atoms with Gasteiger partial charge in [0.2, 0.25) is 29.5 Å². The van der Waals surface area contributed by atoms with Crippen molar-refractivity contribution in [2.75, 3.05) is 6.54 Å². The van der Waals surface area contributed by atoms with Gasteiger partial charge < -0.3 is 26.6 Å². The van der Waals surface area contributed by atoms with E-state index in [9.17, 15) is 24.0 Å². The van der Waals surface area contributed by atoms with Gasteiger partial charge in [0, 0.05) is 25.7 Å². The van der Waals surface area contributed by atoms with Crippen LogP contribution in [0, 0.1) is 0 Å². The van der Waals surface area contributed by atoms with Gasteiger partial charge in [0.15, 0.2) is 0 Å². The minimum absolute atomic E-state index is 0.140. The molecule has 5 N–H and O–H groups in total. The molecule has 0 saturated carbocycles. The van der Waals surface area contributed by atoms with E-state index < -0.39 is 60.2 Å². The van der Waals surface area contributed by atoms with Crippen LogP contribution < -0.4 is 26.6 Å². The lowest BCUT2D eigenvalue weighted by Gasteiger charge is -2.26. The van der Waals surface area contributed by atoms with Crippen molar-refractivity contribution in [2.24, 2.45) is 0 Å². The SMILES string of the molecule is O=C1CNC(=O)[C@@H](Cc2ccccc2)NC(=O)[C@@H](Cc2ccccc2)NC(=O)[C@@H](Cc2ccccc2)NC(=O)[C@@H](Cc2ccccc2)N1. The van der Waals surface area contributed by atoms with E-state index in [-0.39, 0.29) is 25.7 Å². The maximum absolute atomic E-state index is 14.0. The summed E-state index contributed by atoms with van der Waals surface area (Å²) >= 11 is 0. The molecule has 5 rings (SSSR count). The van der Waals surface area contributed by atoms with Gasteiger partial charge in [-0.1, -0.05) is 121 Å². The van der Waals surface area contributed by atoms with Gasteiger partial charge in [0.1, 0.15) is 24.2 Å². The number of amides is 5. The zero-order valence-corrected chi connectivity index (χ0v) is 26.4. The molecule has 0 bridgehead atoms. The summed E-state index contributed by atoms with van der Waals surface area (Å²) in [6.45, 7) is -0.420. The van der Waals surface area contributed by atoms with Crippen LogP contribution in [-0.4, -0.2) is 60.2 Å². The van der Waals surface area contributed by atoms with Gasteiger partial charge in [0.05, 0.1) is 6.54 Å². The largest absolute Gasteiger partial charge is 0.345 e. The van der Waals surface area contributed by atoms with Gasteiger partial charge in [-0.3, -0.25) is 24.0 Å². The molecule has 0 spiro atoms. The lowest BCUT2D eigenvalue weighted by Crippen LogP contribution is -2.59. The lowest BCUT2D eigenvalue weighted by molar-refractivity contribution is -0.133. The molecule has 48 heavy (non-hydrogen) atoms. The molecule has 0 aliphatic carbocycles. The molecule has 0 unspecified atom stereocenters. The van der Waals surface area contributed by atoms with Crippen LogP contribution in [0.2, 0.25) is 0 Å². The molecular formula is C38H39N5O5. The third-order valence-electron chi connectivity index (χ3n) is 8.10. The molecule has 1 aliphatic heterocycles. The van der Waals surface area contributed by atoms with E-state index in [0.29, 0.717) is 0 Å². The number of carbonyl (C=O) groups is 5. The van der Waals surface area contributed by atoms with Crippen molar-refractivity contribution in [1.29, 1.82) is 0 Å². The van der Waals surface area contributed by atoms with E-state index in [1.165, 1.54) is 0 Å². The Bertz CT molecular complexity index is 1610. The first kappa shape index (κ1) is 33.6. The summed E-state index contributed by atoms with van der Waals surface area (Å²) in [5, 5.41) is 13.9. The van der Waals surface area contributed by atoms with Gasteiger partial charge in [-0.25, -0.2) is 0 Å². The van der Waals surface area contributed by atoms with Gasteiger partial charge in [-0.05, 0) is 22.3 Å². The molecule has 5 amide bonds. The molecule has 1 saturated heterocycles. The Kier molecular flexibility index (Phi) is 11.7. The first-order valence-corrected chi connectivity index (χ1v) is 16.0. The Hall–Kier alpha value is -5.77. The molecule has 10 heteroatoms. The molecule has 0 aromatic heterocycles. The average Bonchev–Trinajstić information content (AvgIpc) is 3.11. The van der Waals surface area contributed by atoms with Crippen molar-refractivity contribution in [3.8, 4) is 0 Å². The van der Waals surface area contributed by atoms with Crippen molar-refractivity contribution in [3.63, 3.8) is 0 Å². The highest BCUT2D eigenvalue weighted by Gasteiger charge is 2.33. The molecule has 4 aromatic carbocycles. The fourth-order valence-electron chi connectivity index (χ4n) is 5.59. The first-order chi connectivity index (χ1) is 23.3. The van der Waals surface area contributed by atoms with E-state index in [4.69, 9.17) is 0 Å². The smallest absolute Gasteiger partial charge is 0.243 e. The summed E-state index contributed by atoms with van der Waals surface area (Å²) < 4.78 is 0. The molecule has 1 heterocycles. The molecule has 0 radical (unpaired) electrons. The first-order valence-electron chi connectivity index (χ1n) is 16.0. The summed E-state index contributed by atoms with van der Waals surface area (Å²) in [5.74, 6) is -2.89. The Balaban J connectivity index is 1.50. The quantitative estimate of drug-likeness (QED) is 0.199. The lowest BCUT2D eigenvalue weighted by atomic mass is 10.0. The van der Waals surface area contributed by atoms with Crippen LogP contribution in [0.25, 0.3) is 0 Å². The van der Waals surface area contributed by atoms with Crippen LogP contribution in [0.5, 0.6) is 0 Å².